The smallest absolute Gasteiger partial charge is 0.343 e. The molecule has 4 rings (SSSR count). The van der Waals surface area contributed by atoms with Gasteiger partial charge in [-0.25, -0.2) is 17.6 Å². The molecule has 1 aliphatic heterocycles. The van der Waals surface area contributed by atoms with Crippen LogP contribution < -0.4 is 9.46 Å². The Balaban J connectivity index is 0.00000210. The fraction of sp³-hybridized carbons (Fsp3) is 0.278. The first-order valence-electron chi connectivity index (χ1n) is 8.07. The predicted molar refractivity (Wildman–Crippen MR) is 93.4 cm³/mol. The van der Waals surface area contributed by atoms with Crippen LogP contribution in [0, 0.1) is 11.7 Å². The molecule has 2 unspecified atom stereocenters. The molecular formula is C18H18FNO5S. The zero-order valence-electron chi connectivity index (χ0n) is 13.9. The Labute approximate surface area is 151 Å². The highest BCUT2D eigenvalue weighted by molar-refractivity contribution is 7.92. The molecule has 1 saturated carbocycles. The molecule has 2 atom stereocenters. The van der Waals surface area contributed by atoms with Crippen molar-refractivity contribution in [3.05, 3.63) is 53.3 Å². The number of rotatable bonds is 4. The van der Waals surface area contributed by atoms with Crippen LogP contribution in [0.1, 0.15) is 29.7 Å². The van der Waals surface area contributed by atoms with E-state index in [0.29, 0.717) is 24.2 Å². The Hall–Kier alpha value is -2.61. The Morgan fingerprint density at radius 3 is 2.81 bits per heavy atom. The fourth-order valence-electron chi connectivity index (χ4n) is 3.30. The maximum absolute atomic E-state index is 13.9. The number of ether oxygens (including phenoxy) is 2. The van der Waals surface area contributed by atoms with Gasteiger partial charge in [0, 0.05) is 7.34 Å². The summed E-state index contributed by atoms with van der Waals surface area (Å²) in [5, 5.41) is 0. The third kappa shape index (κ3) is 2.70. The molecule has 1 aliphatic carbocycles. The number of nitrogens with one attached hydrogen (secondary N) is 1. The first-order valence-corrected chi connectivity index (χ1v) is 9.56. The minimum atomic E-state index is -4.23. The van der Waals surface area contributed by atoms with Crippen molar-refractivity contribution >= 4 is 21.7 Å². The highest BCUT2D eigenvalue weighted by Crippen LogP contribution is 2.55. The lowest BCUT2D eigenvalue weighted by Gasteiger charge is -2.22. The number of sulfonamides is 1. The molecule has 26 heavy (non-hydrogen) atoms. The highest BCUT2D eigenvalue weighted by Gasteiger charge is 2.45. The molecule has 2 aliphatic rings. The summed E-state index contributed by atoms with van der Waals surface area (Å²) in [5.41, 5.74) is 0.878. The van der Waals surface area contributed by atoms with E-state index in [-0.39, 0.29) is 12.7 Å². The molecule has 1 fully saturated rings. The van der Waals surface area contributed by atoms with Gasteiger partial charge >= 0.3 is 5.97 Å². The molecule has 0 saturated heterocycles. The lowest BCUT2D eigenvalue weighted by Crippen LogP contribution is -2.20. The van der Waals surface area contributed by atoms with Gasteiger partial charge in [0.15, 0.2) is 0 Å². The molecule has 0 radical (unpaired) electrons. The topological polar surface area (TPSA) is 81.7 Å². The first-order chi connectivity index (χ1) is 12.4. The van der Waals surface area contributed by atoms with Gasteiger partial charge in [0.1, 0.15) is 22.0 Å². The van der Waals surface area contributed by atoms with Crippen LogP contribution in [-0.4, -0.2) is 28.1 Å². The summed E-state index contributed by atoms with van der Waals surface area (Å²) in [7, 11) is -3.02. The van der Waals surface area contributed by atoms with Crippen molar-refractivity contribution in [2.75, 3.05) is 18.4 Å². The average molecular weight is 379 g/mol. The SMILES string of the molecule is COC(=O)c1c(NS(=O)(=O)c2ccccc2F)ccc2c1OCC1CC21.[HH]. The maximum atomic E-state index is 13.9. The number of hydrogen-bond acceptors (Lipinski definition) is 5. The number of methoxy groups -OCH3 is 1. The third-order valence-electron chi connectivity index (χ3n) is 4.71. The molecule has 8 heteroatoms. The van der Waals surface area contributed by atoms with E-state index in [1.54, 1.807) is 6.07 Å². The normalized spacial score (nSPS) is 20.4. The lowest BCUT2D eigenvalue weighted by atomic mass is 10.0. The van der Waals surface area contributed by atoms with Gasteiger partial charge < -0.3 is 9.47 Å². The Morgan fingerprint density at radius 1 is 1.31 bits per heavy atom. The Kier molecular flexibility index (Phi) is 3.87. The number of fused-ring (bicyclic) bond motifs is 3. The zero-order chi connectivity index (χ0) is 18.5. The summed E-state index contributed by atoms with van der Waals surface area (Å²) in [5.74, 6) is -0.500. The van der Waals surface area contributed by atoms with E-state index in [9.17, 15) is 17.6 Å². The minimum absolute atomic E-state index is 0. The van der Waals surface area contributed by atoms with E-state index < -0.39 is 26.7 Å². The van der Waals surface area contributed by atoms with Crippen LogP contribution in [0.2, 0.25) is 0 Å². The van der Waals surface area contributed by atoms with Crippen molar-refractivity contribution in [2.45, 2.75) is 17.2 Å². The Morgan fingerprint density at radius 2 is 2.08 bits per heavy atom. The van der Waals surface area contributed by atoms with Gasteiger partial charge in [0.25, 0.3) is 10.0 Å². The van der Waals surface area contributed by atoms with E-state index in [2.05, 4.69) is 4.72 Å². The predicted octanol–water partition coefficient (Wildman–Crippen LogP) is 3.16. The second-order valence-corrected chi connectivity index (χ2v) is 8.00. The molecule has 2 aromatic rings. The van der Waals surface area contributed by atoms with E-state index >= 15 is 0 Å². The molecule has 0 bridgehead atoms. The van der Waals surface area contributed by atoms with E-state index in [1.165, 1.54) is 25.3 Å². The summed E-state index contributed by atoms with van der Waals surface area (Å²) in [6.45, 7) is 0.477. The number of halogens is 1. The molecule has 138 valence electrons. The van der Waals surface area contributed by atoms with Gasteiger partial charge in [-0.2, -0.15) is 0 Å². The molecule has 1 N–H and O–H groups in total. The maximum Gasteiger partial charge on any atom is 0.343 e. The largest absolute Gasteiger partial charge is 0.492 e. The number of esters is 1. The quantitative estimate of drug-likeness (QED) is 0.826. The average Bonchev–Trinajstić information content (AvgIpc) is 3.40. The van der Waals surface area contributed by atoms with Gasteiger partial charge in [-0.3, -0.25) is 4.72 Å². The monoisotopic (exact) mass is 379 g/mol. The standard InChI is InChI=1S/C18H16FNO5S.H2/c1-24-18(21)16-14(7-6-11-12-8-10(12)9-25-17(11)16)20-26(22,23)15-5-3-2-4-13(15)19;/h2-7,10,12,20H,8-9H2,1H3;1H. The van der Waals surface area contributed by atoms with E-state index in [0.717, 1.165) is 24.1 Å². The number of hydrogen-bond donors (Lipinski definition) is 1. The molecule has 1 heterocycles. The molecule has 0 spiro atoms. The number of carbonyl (C=O) groups excluding carboxylic acids is 1. The van der Waals surface area contributed by atoms with Crippen molar-refractivity contribution in [3.63, 3.8) is 0 Å². The van der Waals surface area contributed by atoms with Crippen LogP contribution in [-0.2, 0) is 14.8 Å². The molecular weight excluding hydrogens is 361 g/mol. The molecule has 0 amide bonds. The number of anilines is 1. The fourth-order valence-corrected chi connectivity index (χ4v) is 4.45. The number of carbonyl (C=O) groups is 1. The van der Waals surface area contributed by atoms with Gasteiger partial charge in [-0.05, 0) is 36.1 Å². The van der Waals surface area contributed by atoms with Crippen molar-refractivity contribution in [1.82, 2.24) is 0 Å². The van der Waals surface area contributed by atoms with Crippen LogP contribution in [0.5, 0.6) is 5.75 Å². The zero-order valence-corrected chi connectivity index (χ0v) is 14.7. The van der Waals surface area contributed by atoms with Gasteiger partial charge in [-0.15, -0.1) is 0 Å². The summed E-state index contributed by atoms with van der Waals surface area (Å²) in [4.78, 5) is 11.8. The second kappa shape index (κ2) is 5.98. The van der Waals surface area contributed by atoms with Crippen molar-refractivity contribution in [1.29, 1.82) is 0 Å². The first kappa shape index (κ1) is 16.8. The van der Waals surface area contributed by atoms with Crippen molar-refractivity contribution < 1.29 is 28.5 Å². The molecule has 6 nitrogen and oxygen atoms in total. The molecule has 0 aromatic heterocycles. The van der Waals surface area contributed by atoms with Gasteiger partial charge in [-0.1, -0.05) is 18.2 Å². The van der Waals surface area contributed by atoms with Crippen LogP contribution >= 0.6 is 0 Å². The van der Waals surface area contributed by atoms with Crippen LogP contribution in [0.4, 0.5) is 10.1 Å². The van der Waals surface area contributed by atoms with Gasteiger partial charge in [0.2, 0.25) is 0 Å². The van der Waals surface area contributed by atoms with Crippen LogP contribution in [0.15, 0.2) is 41.3 Å². The van der Waals surface area contributed by atoms with Crippen LogP contribution in [0.25, 0.3) is 0 Å². The van der Waals surface area contributed by atoms with Gasteiger partial charge in [0.05, 0.1) is 19.4 Å². The summed E-state index contributed by atoms with van der Waals surface area (Å²) >= 11 is 0. The third-order valence-corrected chi connectivity index (χ3v) is 6.11. The van der Waals surface area contributed by atoms with E-state index in [1.807, 2.05) is 0 Å². The number of benzene rings is 2. The van der Waals surface area contributed by atoms with E-state index in [4.69, 9.17) is 9.47 Å². The highest BCUT2D eigenvalue weighted by atomic mass is 32.2. The van der Waals surface area contributed by atoms with Crippen LogP contribution in [0.3, 0.4) is 0 Å². The second-order valence-electron chi connectivity index (χ2n) is 6.35. The summed E-state index contributed by atoms with van der Waals surface area (Å²) in [6, 6.07) is 8.26. The summed E-state index contributed by atoms with van der Waals surface area (Å²) in [6.07, 6.45) is 0.980. The van der Waals surface area contributed by atoms with Crippen molar-refractivity contribution in [2.24, 2.45) is 5.92 Å². The van der Waals surface area contributed by atoms with Crippen molar-refractivity contribution in [3.8, 4) is 5.75 Å². The molecule has 2 aromatic carbocycles. The minimum Gasteiger partial charge on any atom is -0.492 e. The lowest BCUT2D eigenvalue weighted by molar-refractivity contribution is 0.0596. The Bertz CT molecular complexity index is 1010. The summed E-state index contributed by atoms with van der Waals surface area (Å²) < 4.78 is 51.9.